The number of hydrogen-bond acceptors (Lipinski definition) is 1. The van der Waals surface area contributed by atoms with Crippen molar-refractivity contribution in [3.8, 4) is 0 Å². The minimum atomic E-state index is 0.613. The van der Waals surface area contributed by atoms with Crippen LogP contribution in [0.3, 0.4) is 0 Å². The van der Waals surface area contributed by atoms with Crippen molar-refractivity contribution in [2.75, 3.05) is 13.2 Å². The first-order valence-corrected chi connectivity index (χ1v) is 4.87. The highest BCUT2D eigenvalue weighted by molar-refractivity contribution is 5.26. The summed E-state index contributed by atoms with van der Waals surface area (Å²) in [5, 5.41) is 0. The van der Waals surface area contributed by atoms with Crippen LogP contribution in [0, 0.1) is 5.92 Å². The van der Waals surface area contributed by atoms with Crippen molar-refractivity contribution in [3.63, 3.8) is 0 Å². The highest BCUT2D eigenvalue weighted by Crippen LogP contribution is 2.30. The van der Waals surface area contributed by atoms with Gasteiger partial charge in [0.1, 0.15) is 0 Å². The Bertz CT molecular complexity index is 225. The Labute approximate surface area is 74.1 Å². The maximum Gasteiger partial charge on any atom is 0.0686 e. The molecule has 1 atom stereocenters. The molecule has 0 unspecified atom stereocenters. The Morgan fingerprint density at radius 2 is 2.50 bits per heavy atom. The Balaban J connectivity index is 2.28. The summed E-state index contributed by atoms with van der Waals surface area (Å²) >= 11 is 0. The molecule has 12 heavy (non-hydrogen) atoms. The van der Waals surface area contributed by atoms with E-state index in [1.807, 2.05) is 0 Å². The predicted octanol–water partition coefficient (Wildman–Crippen LogP) is 2.69. The monoisotopic (exact) mass is 164 g/mol. The molecular formula is C11H16O. The van der Waals surface area contributed by atoms with Gasteiger partial charge >= 0.3 is 0 Å². The van der Waals surface area contributed by atoms with Crippen LogP contribution >= 0.6 is 0 Å². The summed E-state index contributed by atoms with van der Waals surface area (Å²) in [5.74, 6) is 0.613. The Hall–Kier alpha value is -0.560. The van der Waals surface area contributed by atoms with E-state index in [0.29, 0.717) is 5.92 Å². The summed E-state index contributed by atoms with van der Waals surface area (Å²) < 4.78 is 5.47. The maximum atomic E-state index is 5.47. The molecule has 0 amide bonds. The zero-order valence-corrected chi connectivity index (χ0v) is 7.68. The fourth-order valence-corrected chi connectivity index (χ4v) is 2.12. The highest BCUT2D eigenvalue weighted by atomic mass is 16.5. The smallest absolute Gasteiger partial charge is 0.0686 e. The predicted molar refractivity (Wildman–Crippen MR) is 50.0 cm³/mol. The molecule has 1 saturated heterocycles. The summed E-state index contributed by atoms with van der Waals surface area (Å²) in [4.78, 5) is 0. The second kappa shape index (κ2) is 3.44. The topological polar surface area (TPSA) is 9.23 Å². The average Bonchev–Trinajstić information content (AvgIpc) is 2.46. The Morgan fingerprint density at radius 1 is 1.58 bits per heavy atom. The van der Waals surface area contributed by atoms with Gasteiger partial charge < -0.3 is 4.74 Å². The molecule has 0 spiro atoms. The van der Waals surface area contributed by atoms with Crippen molar-refractivity contribution in [2.45, 2.75) is 26.2 Å². The van der Waals surface area contributed by atoms with E-state index in [1.54, 1.807) is 11.1 Å². The fraction of sp³-hybridized carbons (Fsp3) is 0.636. The molecule has 2 rings (SSSR count). The van der Waals surface area contributed by atoms with Crippen molar-refractivity contribution in [1.29, 1.82) is 0 Å². The van der Waals surface area contributed by atoms with Crippen LogP contribution in [-0.4, -0.2) is 13.2 Å². The van der Waals surface area contributed by atoms with Crippen molar-refractivity contribution in [3.05, 3.63) is 23.3 Å². The molecule has 66 valence electrons. The molecule has 0 aromatic rings. The van der Waals surface area contributed by atoms with Gasteiger partial charge in [0.15, 0.2) is 0 Å². The van der Waals surface area contributed by atoms with Crippen LogP contribution in [0.15, 0.2) is 23.3 Å². The van der Waals surface area contributed by atoms with Crippen LogP contribution in [0.1, 0.15) is 26.2 Å². The molecule has 0 bridgehead atoms. The summed E-state index contributed by atoms with van der Waals surface area (Å²) in [6.07, 6.45) is 8.31. The van der Waals surface area contributed by atoms with Gasteiger partial charge in [-0.3, -0.25) is 0 Å². The summed E-state index contributed by atoms with van der Waals surface area (Å²) in [7, 11) is 0. The summed E-state index contributed by atoms with van der Waals surface area (Å²) in [6.45, 7) is 4.05. The lowest BCUT2D eigenvalue weighted by Gasteiger charge is -2.08. The van der Waals surface area contributed by atoms with E-state index >= 15 is 0 Å². The number of ether oxygens (including phenoxy) is 1. The number of hydrogen-bond donors (Lipinski definition) is 0. The lowest BCUT2D eigenvalue weighted by atomic mass is 9.96. The molecule has 1 aliphatic heterocycles. The normalized spacial score (nSPS) is 28.9. The van der Waals surface area contributed by atoms with E-state index in [-0.39, 0.29) is 0 Å². The minimum absolute atomic E-state index is 0.613. The SMILES string of the molecule is CCC1=C2COC[C@H]2C=CCC1. The van der Waals surface area contributed by atoms with Crippen LogP contribution in [0.25, 0.3) is 0 Å². The fourth-order valence-electron chi connectivity index (χ4n) is 2.12. The third kappa shape index (κ3) is 1.34. The third-order valence-corrected chi connectivity index (χ3v) is 2.86. The van der Waals surface area contributed by atoms with E-state index in [9.17, 15) is 0 Å². The molecule has 0 N–H and O–H groups in total. The molecule has 0 saturated carbocycles. The maximum absolute atomic E-state index is 5.47. The van der Waals surface area contributed by atoms with Crippen LogP contribution in [-0.2, 0) is 4.74 Å². The van der Waals surface area contributed by atoms with Crippen molar-refractivity contribution < 1.29 is 4.74 Å². The molecule has 0 aromatic heterocycles. The van der Waals surface area contributed by atoms with Crippen molar-refractivity contribution >= 4 is 0 Å². The first kappa shape index (κ1) is 8.06. The zero-order chi connectivity index (χ0) is 8.39. The van der Waals surface area contributed by atoms with Crippen molar-refractivity contribution in [1.82, 2.24) is 0 Å². The quantitative estimate of drug-likeness (QED) is 0.541. The first-order chi connectivity index (χ1) is 5.92. The summed E-state index contributed by atoms with van der Waals surface area (Å²) in [5.41, 5.74) is 3.22. The molecule has 1 heteroatoms. The van der Waals surface area contributed by atoms with Crippen LogP contribution < -0.4 is 0 Å². The second-order valence-corrected chi connectivity index (χ2v) is 3.57. The number of allylic oxidation sites excluding steroid dienone is 2. The van der Waals surface area contributed by atoms with Crippen LogP contribution in [0.2, 0.25) is 0 Å². The molecule has 2 aliphatic rings. The molecular weight excluding hydrogens is 148 g/mol. The van der Waals surface area contributed by atoms with Gasteiger partial charge in [-0.1, -0.05) is 24.6 Å². The molecule has 0 aromatic carbocycles. The Morgan fingerprint density at radius 3 is 3.33 bits per heavy atom. The van der Waals surface area contributed by atoms with Crippen molar-refractivity contribution in [2.24, 2.45) is 5.92 Å². The van der Waals surface area contributed by atoms with Gasteiger partial charge in [0.2, 0.25) is 0 Å². The van der Waals surface area contributed by atoms with E-state index in [1.165, 1.54) is 19.3 Å². The van der Waals surface area contributed by atoms with E-state index in [4.69, 9.17) is 4.74 Å². The molecule has 0 radical (unpaired) electrons. The third-order valence-electron chi connectivity index (χ3n) is 2.86. The van der Waals surface area contributed by atoms with Gasteiger partial charge in [-0.25, -0.2) is 0 Å². The second-order valence-electron chi connectivity index (χ2n) is 3.57. The molecule has 1 fully saturated rings. The van der Waals surface area contributed by atoms with Gasteiger partial charge in [0, 0.05) is 5.92 Å². The van der Waals surface area contributed by atoms with Gasteiger partial charge in [-0.15, -0.1) is 0 Å². The van der Waals surface area contributed by atoms with Crippen LogP contribution in [0.5, 0.6) is 0 Å². The first-order valence-electron chi connectivity index (χ1n) is 4.87. The average molecular weight is 164 g/mol. The van der Waals surface area contributed by atoms with Gasteiger partial charge in [-0.2, -0.15) is 0 Å². The van der Waals surface area contributed by atoms with Crippen LogP contribution in [0.4, 0.5) is 0 Å². The van der Waals surface area contributed by atoms with E-state index in [2.05, 4.69) is 19.1 Å². The minimum Gasteiger partial charge on any atom is -0.376 e. The lowest BCUT2D eigenvalue weighted by Crippen LogP contribution is -1.99. The highest BCUT2D eigenvalue weighted by Gasteiger charge is 2.22. The van der Waals surface area contributed by atoms with E-state index in [0.717, 1.165) is 13.2 Å². The summed E-state index contributed by atoms with van der Waals surface area (Å²) in [6, 6.07) is 0. The largest absolute Gasteiger partial charge is 0.376 e. The van der Waals surface area contributed by atoms with Gasteiger partial charge in [0.25, 0.3) is 0 Å². The Kier molecular flexibility index (Phi) is 2.31. The molecule has 1 nitrogen and oxygen atoms in total. The number of fused-ring (bicyclic) bond motifs is 1. The van der Waals surface area contributed by atoms with Gasteiger partial charge in [0.05, 0.1) is 13.2 Å². The lowest BCUT2D eigenvalue weighted by molar-refractivity contribution is 0.195. The van der Waals surface area contributed by atoms with E-state index < -0.39 is 0 Å². The number of rotatable bonds is 1. The molecule has 1 aliphatic carbocycles. The standard InChI is InChI=1S/C11H16O/c1-2-9-5-3-4-6-10-7-12-8-11(9)10/h4,6,10H,2-3,5,7-8H2,1H3/t10-/m1/s1. The molecule has 1 heterocycles. The van der Waals surface area contributed by atoms with Gasteiger partial charge in [-0.05, 0) is 24.8 Å². The zero-order valence-electron chi connectivity index (χ0n) is 7.68.